The minimum Gasteiger partial charge on any atom is -0.344 e. The van der Waals surface area contributed by atoms with Crippen molar-refractivity contribution >= 4 is 16.8 Å². The number of hydrogen-bond acceptors (Lipinski definition) is 2. The molecule has 0 aliphatic heterocycles. The quantitative estimate of drug-likeness (QED) is 0.772. The number of aromatic amines is 1. The zero-order valence-electron chi connectivity index (χ0n) is 12.1. The Morgan fingerprint density at radius 3 is 2.71 bits per heavy atom. The first-order valence-corrected chi connectivity index (χ1v) is 6.95. The Balaban J connectivity index is 1.86. The van der Waals surface area contributed by atoms with E-state index in [9.17, 15) is 4.79 Å². The molecule has 1 atom stereocenters. The zero-order valence-corrected chi connectivity index (χ0v) is 12.1. The maximum Gasteiger partial charge on any atom is 0.272 e. The number of carbonyl (C=O) groups excluding carboxylic acids is 1. The highest BCUT2D eigenvalue weighted by Crippen LogP contribution is 2.19. The number of nitrogens with one attached hydrogen (secondary N) is 2. The number of benzene rings is 2. The lowest BCUT2D eigenvalue weighted by molar-refractivity contribution is 0.0936. The first-order valence-electron chi connectivity index (χ1n) is 6.95. The number of H-pyrrole nitrogens is 1. The van der Waals surface area contributed by atoms with Crippen molar-refractivity contribution in [3.8, 4) is 0 Å². The summed E-state index contributed by atoms with van der Waals surface area (Å²) in [5.41, 5.74) is 3.49. The highest BCUT2D eigenvalue weighted by atomic mass is 16.2. The summed E-state index contributed by atoms with van der Waals surface area (Å²) in [5.74, 6) is -0.164. The average Bonchev–Trinajstić information content (AvgIpc) is 2.91. The fourth-order valence-electron chi connectivity index (χ4n) is 2.39. The van der Waals surface area contributed by atoms with Crippen LogP contribution in [0.5, 0.6) is 0 Å². The minimum absolute atomic E-state index is 0.0599. The Hall–Kier alpha value is -2.62. The van der Waals surface area contributed by atoms with Crippen molar-refractivity contribution in [2.45, 2.75) is 19.9 Å². The molecule has 3 aromatic rings. The fourth-order valence-corrected chi connectivity index (χ4v) is 2.39. The fraction of sp³-hybridized carbons (Fsp3) is 0.176. The summed E-state index contributed by atoms with van der Waals surface area (Å²) < 4.78 is 0. The number of hydrogen-bond donors (Lipinski definition) is 2. The maximum atomic E-state index is 12.4. The van der Waals surface area contributed by atoms with Gasteiger partial charge in [-0.3, -0.25) is 9.89 Å². The van der Waals surface area contributed by atoms with Gasteiger partial charge in [-0.25, -0.2) is 0 Å². The summed E-state index contributed by atoms with van der Waals surface area (Å²) in [6.07, 6.45) is 0. The summed E-state index contributed by atoms with van der Waals surface area (Å²) >= 11 is 0. The number of carbonyl (C=O) groups is 1. The topological polar surface area (TPSA) is 57.8 Å². The molecule has 3 rings (SSSR count). The van der Waals surface area contributed by atoms with Crippen LogP contribution in [0.15, 0.2) is 48.5 Å². The number of amides is 1. The van der Waals surface area contributed by atoms with Gasteiger partial charge in [0.15, 0.2) is 5.69 Å². The predicted octanol–water partition coefficient (Wildman–Crippen LogP) is 3.36. The van der Waals surface area contributed by atoms with E-state index in [1.165, 1.54) is 0 Å². The van der Waals surface area contributed by atoms with Crippen LogP contribution in [0.1, 0.15) is 34.6 Å². The second-order valence-electron chi connectivity index (χ2n) is 5.23. The van der Waals surface area contributed by atoms with E-state index in [1.807, 2.05) is 62.4 Å². The number of fused-ring (bicyclic) bond motifs is 1. The molecule has 1 amide bonds. The molecular formula is C17H17N3O. The van der Waals surface area contributed by atoms with Crippen molar-refractivity contribution in [1.29, 1.82) is 0 Å². The van der Waals surface area contributed by atoms with Crippen LogP contribution in [0.3, 0.4) is 0 Å². The van der Waals surface area contributed by atoms with E-state index in [1.54, 1.807) is 0 Å². The second-order valence-corrected chi connectivity index (χ2v) is 5.23. The van der Waals surface area contributed by atoms with Crippen molar-refractivity contribution in [2.75, 3.05) is 0 Å². The Kier molecular flexibility index (Phi) is 3.44. The molecule has 4 heteroatoms. The number of aryl methyl sites for hydroxylation is 1. The van der Waals surface area contributed by atoms with Gasteiger partial charge in [-0.05, 0) is 31.5 Å². The van der Waals surface area contributed by atoms with Gasteiger partial charge in [-0.2, -0.15) is 5.10 Å². The summed E-state index contributed by atoms with van der Waals surface area (Å²) in [5, 5.41) is 10.9. The highest BCUT2D eigenvalue weighted by molar-refractivity contribution is 6.04. The molecule has 0 spiro atoms. The van der Waals surface area contributed by atoms with E-state index >= 15 is 0 Å². The third-order valence-electron chi connectivity index (χ3n) is 3.58. The van der Waals surface area contributed by atoms with E-state index in [0.29, 0.717) is 5.69 Å². The summed E-state index contributed by atoms with van der Waals surface area (Å²) in [4.78, 5) is 12.4. The van der Waals surface area contributed by atoms with E-state index in [-0.39, 0.29) is 11.9 Å². The molecule has 4 nitrogen and oxygen atoms in total. The van der Waals surface area contributed by atoms with Gasteiger partial charge in [-0.15, -0.1) is 0 Å². The molecule has 0 fully saturated rings. The van der Waals surface area contributed by atoms with Crippen LogP contribution in [0.25, 0.3) is 10.9 Å². The van der Waals surface area contributed by atoms with Gasteiger partial charge >= 0.3 is 0 Å². The monoisotopic (exact) mass is 279 g/mol. The van der Waals surface area contributed by atoms with Crippen LogP contribution in [0.2, 0.25) is 0 Å². The lowest BCUT2D eigenvalue weighted by atomic mass is 10.1. The summed E-state index contributed by atoms with van der Waals surface area (Å²) in [6, 6.07) is 15.7. The molecule has 1 heterocycles. The number of nitrogens with zero attached hydrogens (tertiary/aromatic N) is 1. The van der Waals surface area contributed by atoms with E-state index in [0.717, 1.165) is 22.0 Å². The minimum atomic E-state index is -0.164. The van der Waals surface area contributed by atoms with Crippen LogP contribution < -0.4 is 5.32 Å². The van der Waals surface area contributed by atoms with E-state index < -0.39 is 0 Å². The molecule has 1 aromatic heterocycles. The number of rotatable bonds is 3. The maximum absolute atomic E-state index is 12.4. The third-order valence-corrected chi connectivity index (χ3v) is 3.58. The Labute approximate surface area is 123 Å². The van der Waals surface area contributed by atoms with Crippen LogP contribution >= 0.6 is 0 Å². The van der Waals surface area contributed by atoms with Crippen molar-refractivity contribution in [3.05, 3.63) is 65.4 Å². The lowest BCUT2D eigenvalue weighted by Gasteiger charge is -2.13. The first kappa shape index (κ1) is 13.4. The lowest BCUT2D eigenvalue weighted by Crippen LogP contribution is -2.27. The van der Waals surface area contributed by atoms with Gasteiger partial charge in [0.2, 0.25) is 0 Å². The zero-order chi connectivity index (χ0) is 14.8. The smallest absolute Gasteiger partial charge is 0.272 e. The molecule has 106 valence electrons. The van der Waals surface area contributed by atoms with Crippen molar-refractivity contribution in [2.24, 2.45) is 0 Å². The molecule has 0 saturated heterocycles. The van der Waals surface area contributed by atoms with Gasteiger partial charge in [-0.1, -0.05) is 42.0 Å². The van der Waals surface area contributed by atoms with E-state index in [2.05, 4.69) is 15.5 Å². The van der Waals surface area contributed by atoms with Crippen molar-refractivity contribution in [1.82, 2.24) is 15.5 Å². The average molecular weight is 279 g/mol. The van der Waals surface area contributed by atoms with Gasteiger partial charge in [0.05, 0.1) is 11.6 Å². The largest absolute Gasteiger partial charge is 0.344 e. The van der Waals surface area contributed by atoms with Gasteiger partial charge in [0, 0.05) is 5.39 Å². The summed E-state index contributed by atoms with van der Waals surface area (Å²) in [7, 11) is 0. The third kappa shape index (κ3) is 2.65. The van der Waals surface area contributed by atoms with Crippen LogP contribution in [-0.2, 0) is 0 Å². The molecule has 21 heavy (non-hydrogen) atoms. The second kappa shape index (κ2) is 5.40. The van der Waals surface area contributed by atoms with Crippen LogP contribution in [0.4, 0.5) is 0 Å². The Bertz CT molecular complexity index is 777. The predicted molar refractivity (Wildman–Crippen MR) is 83.2 cm³/mol. The Morgan fingerprint density at radius 2 is 1.95 bits per heavy atom. The molecule has 0 bridgehead atoms. The van der Waals surface area contributed by atoms with Gasteiger partial charge in [0.1, 0.15) is 0 Å². The SMILES string of the molecule is Cc1ccc2[nH]nc(C(=O)NC(C)c3ccccc3)c2c1. The van der Waals surface area contributed by atoms with Crippen LogP contribution in [-0.4, -0.2) is 16.1 Å². The van der Waals surface area contributed by atoms with Gasteiger partial charge in [0.25, 0.3) is 5.91 Å². The van der Waals surface area contributed by atoms with Crippen molar-refractivity contribution in [3.63, 3.8) is 0 Å². The first-order chi connectivity index (χ1) is 10.1. The normalized spacial score (nSPS) is 12.3. The molecule has 0 aliphatic carbocycles. The van der Waals surface area contributed by atoms with Crippen molar-refractivity contribution < 1.29 is 4.79 Å². The standard InChI is InChI=1S/C17H17N3O/c1-11-8-9-15-14(10-11)16(20-19-15)17(21)18-12(2)13-6-4-3-5-7-13/h3-10,12H,1-2H3,(H,18,21)(H,19,20). The molecule has 0 radical (unpaired) electrons. The molecule has 2 N–H and O–H groups in total. The summed E-state index contributed by atoms with van der Waals surface area (Å²) in [6.45, 7) is 3.97. The van der Waals surface area contributed by atoms with Gasteiger partial charge < -0.3 is 5.32 Å². The molecule has 1 unspecified atom stereocenters. The molecule has 0 saturated carbocycles. The number of aromatic nitrogens is 2. The van der Waals surface area contributed by atoms with E-state index in [4.69, 9.17) is 0 Å². The molecule has 0 aliphatic rings. The van der Waals surface area contributed by atoms with Crippen LogP contribution in [0, 0.1) is 6.92 Å². The highest BCUT2D eigenvalue weighted by Gasteiger charge is 2.16. The Morgan fingerprint density at radius 1 is 1.19 bits per heavy atom. The molecular weight excluding hydrogens is 262 g/mol. The molecule has 2 aromatic carbocycles.